The fourth-order valence-corrected chi connectivity index (χ4v) is 3.46. The lowest BCUT2D eigenvalue weighted by atomic mass is 9.94. The summed E-state index contributed by atoms with van der Waals surface area (Å²) in [6.45, 7) is 7.12. The van der Waals surface area contributed by atoms with Crippen molar-refractivity contribution in [3.05, 3.63) is 0 Å². The van der Waals surface area contributed by atoms with Gasteiger partial charge in [0.1, 0.15) is 5.54 Å². The summed E-state index contributed by atoms with van der Waals surface area (Å²) < 4.78 is 4.92. The van der Waals surface area contributed by atoms with Crippen LogP contribution in [0.25, 0.3) is 0 Å². The van der Waals surface area contributed by atoms with Crippen LogP contribution in [0.2, 0.25) is 0 Å². The summed E-state index contributed by atoms with van der Waals surface area (Å²) in [4.78, 5) is 14.3. The second-order valence-electron chi connectivity index (χ2n) is 6.72. The van der Waals surface area contributed by atoms with Gasteiger partial charge in [0.05, 0.1) is 7.11 Å². The van der Waals surface area contributed by atoms with Gasteiger partial charge >= 0.3 is 5.97 Å². The van der Waals surface area contributed by atoms with Crippen LogP contribution in [0.1, 0.15) is 58.8 Å². The number of unbranched alkanes of at least 4 members (excludes halogenated alkanes) is 1. The predicted octanol–water partition coefficient (Wildman–Crippen LogP) is 2.82. The van der Waals surface area contributed by atoms with Crippen molar-refractivity contribution in [2.24, 2.45) is 5.92 Å². The van der Waals surface area contributed by atoms with Crippen LogP contribution in [0.15, 0.2) is 0 Å². The summed E-state index contributed by atoms with van der Waals surface area (Å²) in [7, 11) is 3.69. The normalized spacial score (nSPS) is 18.9. The third-order valence-corrected chi connectivity index (χ3v) is 4.71. The average molecular weight is 298 g/mol. The standard InChI is InChI=1S/C17H34N2O2/c1-5-18-17(2,16(20)21-4)12-8-9-13-19(3)14-15-10-6-7-11-15/h15,18H,5-14H2,1-4H3. The highest BCUT2D eigenvalue weighted by Crippen LogP contribution is 2.25. The van der Waals surface area contributed by atoms with Gasteiger partial charge in [-0.3, -0.25) is 4.79 Å². The van der Waals surface area contributed by atoms with Crippen LogP contribution >= 0.6 is 0 Å². The van der Waals surface area contributed by atoms with Gasteiger partial charge in [0, 0.05) is 6.54 Å². The van der Waals surface area contributed by atoms with Crippen molar-refractivity contribution in [2.75, 3.05) is 33.8 Å². The quantitative estimate of drug-likeness (QED) is 0.497. The van der Waals surface area contributed by atoms with Crippen molar-refractivity contribution < 1.29 is 9.53 Å². The predicted molar refractivity (Wildman–Crippen MR) is 87.4 cm³/mol. The molecule has 0 aliphatic heterocycles. The second-order valence-corrected chi connectivity index (χ2v) is 6.72. The third-order valence-electron chi connectivity index (χ3n) is 4.71. The molecule has 1 unspecified atom stereocenters. The molecule has 1 aliphatic carbocycles. The molecule has 0 aromatic heterocycles. The van der Waals surface area contributed by atoms with E-state index in [9.17, 15) is 4.79 Å². The number of nitrogens with one attached hydrogen (secondary N) is 1. The van der Waals surface area contributed by atoms with Gasteiger partial charge in [0.25, 0.3) is 0 Å². The monoisotopic (exact) mass is 298 g/mol. The number of ether oxygens (including phenoxy) is 1. The Hall–Kier alpha value is -0.610. The van der Waals surface area contributed by atoms with Crippen LogP contribution in [-0.2, 0) is 9.53 Å². The number of carbonyl (C=O) groups excluding carboxylic acids is 1. The lowest BCUT2D eigenvalue weighted by Gasteiger charge is -2.28. The maximum Gasteiger partial charge on any atom is 0.325 e. The van der Waals surface area contributed by atoms with Gasteiger partial charge < -0.3 is 15.0 Å². The number of nitrogens with zero attached hydrogens (tertiary/aromatic N) is 1. The first-order valence-electron chi connectivity index (χ1n) is 8.54. The van der Waals surface area contributed by atoms with Gasteiger partial charge in [0.2, 0.25) is 0 Å². The molecule has 0 bridgehead atoms. The Bertz CT molecular complexity index is 303. The van der Waals surface area contributed by atoms with Gasteiger partial charge in [-0.05, 0) is 65.1 Å². The van der Waals surface area contributed by atoms with E-state index < -0.39 is 5.54 Å². The van der Waals surface area contributed by atoms with Gasteiger partial charge in [-0.1, -0.05) is 19.8 Å². The van der Waals surface area contributed by atoms with Crippen molar-refractivity contribution in [1.29, 1.82) is 0 Å². The molecule has 0 spiro atoms. The molecular weight excluding hydrogens is 264 g/mol. The van der Waals surface area contributed by atoms with Crippen LogP contribution in [0.4, 0.5) is 0 Å². The van der Waals surface area contributed by atoms with Crippen LogP contribution < -0.4 is 5.32 Å². The summed E-state index contributed by atoms with van der Waals surface area (Å²) >= 11 is 0. The van der Waals surface area contributed by atoms with Gasteiger partial charge in [-0.15, -0.1) is 0 Å². The van der Waals surface area contributed by atoms with Crippen molar-refractivity contribution in [2.45, 2.75) is 64.3 Å². The molecule has 1 N–H and O–H groups in total. The fraction of sp³-hybridized carbons (Fsp3) is 0.941. The highest BCUT2D eigenvalue weighted by atomic mass is 16.5. The number of esters is 1. The lowest BCUT2D eigenvalue weighted by molar-refractivity contribution is -0.148. The van der Waals surface area contributed by atoms with E-state index >= 15 is 0 Å². The van der Waals surface area contributed by atoms with E-state index in [0.29, 0.717) is 0 Å². The van der Waals surface area contributed by atoms with E-state index in [4.69, 9.17) is 4.74 Å². The highest BCUT2D eigenvalue weighted by Gasteiger charge is 2.32. The molecule has 124 valence electrons. The molecule has 0 radical (unpaired) electrons. The number of rotatable bonds is 10. The molecule has 1 fully saturated rings. The average Bonchev–Trinajstić information content (AvgIpc) is 2.96. The topological polar surface area (TPSA) is 41.6 Å². The van der Waals surface area contributed by atoms with Gasteiger partial charge in [0.15, 0.2) is 0 Å². The summed E-state index contributed by atoms with van der Waals surface area (Å²) in [5.41, 5.74) is -0.534. The zero-order valence-corrected chi connectivity index (χ0v) is 14.4. The lowest BCUT2D eigenvalue weighted by Crippen LogP contribution is -2.50. The Morgan fingerprint density at radius 2 is 2.00 bits per heavy atom. The Balaban J connectivity index is 2.22. The molecular formula is C17H34N2O2. The van der Waals surface area contributed by atoms with Crippen molar-refractivity contribution >= 4 is 5.97 Å². The Morgan fingerprint density at radius 1 is 1.33 bits per heavy atom. The molecule has 4 heteroatoms. The Labute approximate surface area is 130 Å². The molecule has 0 aromatic rings. The Morgan fingerprint density at radius 3 is 2.57 bits per heavy atom. The largest absolute Gasteiger partial charge is 0.468 e. The second kappa shape index (κ2) is 9.42. The minimum atomic E-state index is -0.534. The zero-order chi connectivity index (χ0) is 15.7. The maximum atomic E-state index is 11.9. The van der Waals surface area contributed by atoms with E-state index in [1.807, 2.05) is 13.8 Å². The molecule has 1 saturated carbocycles. The maximum absolute atomic E-state index is 11.9. The van der Waals surface area contributed by atoms with Crippen molar-refractivity contribution in [1.82, 2.24) is 10.2 Å². The first kappa shape index (κ1) is 18.4. The van der Waals surface area contributed by atoms with Crippen molar-refractivity contribution in [3.63, 3.8) is 0 Å². The first-order valence-corrected chi connectivity index (χ1v) is 8.54. The number of hydrogen-bond donors (Lipinski definition) is 1. The summed E-state index contributed by atoms with van der Waals surface area (Å²) in [5, 5.41) is 3.27. The van der Waals surface area contributed by atoms with E-state index in [1.165, 1.54) is 39.3 Å². The summed E-state index contributed by atoms with van der Waals surface area (Å²) in [5.74, 6) is 0.765. The van der Waals surface area contributed by atoms with E-state index in [0.717, 1.165) is 38.3 Å². The smallest absolute Gasteiger partial charge is 0.325 e. The minimum Gasteiger partial charge on any atom is -0.468 e. The molecule has 0 amide bonds. The molecule has 21 heavy (non-hydrogen) atoms. The molecule has 0 aromatic carbocycles. The Kier molecular flexibility index (Phi) is 8.27. The number of likely N-dealkylation sites (N-methyl/N-ethyl adjacent to an activating group) is 1. The summed E-state index contributed by atoms with van der Waals surface area (Å²) in [6, 6.07) is 0. The van der Waals surface area contributed by atoms with Crippen molar-refractivity contribution in [3.8, 4) is 0 Å². The molecule has 0 saturated heterocycles. The zero-order valence-electron chi connectivity index (χ0n) is 14.4. The first-order chi connectivity index (χ1) is 10.0. The molecule has 1 rings (SSSR count). The van der Waals surface area contributed by atoms with Crippen LogP contribution in [0.3, 0.4) is 0 Å². The van der Waals surface area contributed by atoms with Crippen LogP contribution in [0, 0.1) is 5.92 Å². The number of carbonyl (C=O) groups is 1. The van der Waals surface area contributed by atoms with E-state index in [1.54, 1.807) is 0 Å². The molecule has 4 nitrogen and oxygen atoms in total. The van der Waals surface area contributed by atoms with E-state index in [2.05, 4.69) is 17.3 Å². The van der Waals surface area contributed by atoms with Crippen LogP contribution in [0.5, 0.6) is 0 Å². The van der Waals surface area contributed by atoms with E-state index in [-0.39, 0.29) is 5.97 Å². The SMILES string of the molecule is CCNC(C)(CCCCN(C)CC1CCCC1)C(=O)OC. The molecule has 1 aliphatic rings. The van der Waals surface area contributed by atoms with Gasteiger partial charge in [-0.2, -0.15) is 0 Å². The third kappa shape index (κ3) is 6.35. The highest BCUT2D eigenvalue weighted by molar-refractivity contribution is 5.80. The number of hydrogen-bond acceptors (Lipinski definition) is 4. The molecule has 1 atom stereocenters. The number of methoxy groups -OCH3 is 1. The minimum absolute atomic E-state index is 0.149. The van der Waals surface area contributed by atoms with Crippen LogP contribution in [-0.4, -0.2) is 50.2 Å². The molecule has 0 heterocycles. The van der Waals surface area contributed by atoms with Gasteiger partial charge in [-0.25, -0.2) is 0 Å². The summed E-state index contributed by atoms with van der Waals surface area (Å²) in [6.07, 6.45) is 8.67. The fourth-order valence-electron chi connectivity index (χ4n) is 3.46.